The van der Waals surface area contributed by atoms with Crippen LogP contribution in [-0.2, 0) is 9.13 Å². The van der Waals surface area contributed by atoms with E-state index >= 15 is 0 Å². The maximum Gasteiger partial charge on any atom is -0.159 e. The second-order valence-electron chi connectivity index (χ2n) is 0.894. The summed E-state index contributed by atoms with van der Waals surface area (Å²) in [5.41, 5.74) is 0. The zero-order valence-corrected chi connectivity index (χ0v) is 5.95. The number of hydrogen-bond acceptors (Lipinski definition) is 8. The van der Waals surface area contributed by atoms with Crippen molar-refractivity contribution >= 4 is 15.6 Å². The Balaban J connectivity index is 0. The van der Waals surface area contributed by atoms with Gasteiger partial charge < -0.3 is 38.5 Å². The van der Waals surface area contributed by atoms with Crippen LogP contribution in [0.25, 0.3) is 0 Å². The van der Waals surface area contributed by atoms with Crippen LogP contribution in [0.1, 0.15) is 0 Å². The summed E-state index contributed by atoms with van der Waals surface area (Å²) in [5, 5.41) is 0. The maximum atomic E-state index is 8.55. The Kier molecular flexibility index (Phi) is 5.36. The quantitative estimate of drug-likeness (QED) is 0.339. The molecule has 0 atom stereocenters. The van der Waals surface area contributed by atoms with Gasteiger partial charge >= 0.3 is 0 Å². The molecule has 10 heteroatoms. The van der Waals surface area contributed by atoms with Crippen molar-refractivity contribution in [2.75, 3.05) is 0 Å². The van der Waals surface area contributed by atoms with E-state index in [1.54, 1.807) is 0 Å². The van der Waals surface area contributed by atoms with Crippen molar-refractivity contribution in [2.24, 2.45) is 0 Å². The van der Waals surface area contributed by atoms with Gasteiger partial charge in [0.05, 0.1) is 0 Å². The second kappa shape index (κ2) is 4.17. The normalized spacial score (nSPS) is 11.8. The van der Waals surface area contributed by atoms with Gasteiger partial charge in [0.1, 0.15) is 0 Å². The minimum atomic E-state index is -5.39. The minimum Gasteiger partial charge on any atom is -0.822 e. The SMILES string of the molecule is O=P([O-])([O-])[O-].O=P([O-])([O-])[O-]. The predicted octanol–water partition coefficient (Wildman–Crippen LogP) is -5.65. The standard InChI is InChI=1S/2H3O4P/c2*1-5(2,3)4/h2*(H3,1,2,3,4)/p-6. The average molecular weight is 190 g/mol. The van der Waals surface area contributed by atoms with Gasteiger partial charge in [-0.25, -0.2) is 0 Å². The lowest BCUT2D eigenvalue weighted by Crippen LogP contribution is -2.24. The van der Waals surface area contributed by atoms with E-state index in [-0.39, 0.29) is 0 Å². The molecule has 64 valence electrons. The first-order chi connectivity index (χ1) is 4.00. The Hall–Kier alpha value is 0.220. The molecule has 0 bridgehead atoms. The van der Waals surface area contributed by atoms with Crippen LogP contribution < -0.4 is 29.4 Å². The molecule has 0 radical (unpaired) electrons. The number of phosphoric acid groups is 2. The number of hydrogen-bond donors (Lipinski definition) is 0. The molecular formula is O8P2-6. The molecule has 0 spiro atoms. The molecule has 8 nitrogen and oxygen atoms in total. The lowest BCUT2D eigenvalue weighted by molar-refractivity contribution is -0.434. The van der Waals surface area contributed by atoms with Gasteiger partial charge in [0, 0.05) is 0 Å². The lowest BCUT2D eigenvalue weighted by Gasteiger charge is -2.36. The van der Waals surface area contributed by atoms with E-state index < -0.39 is 15.6 Å². The van der Waals surface area contributed by atoms with Crippen molar-refractivity contribution in [3.8, 4) is 0 Å². The van der Waals surface area contributed by atoms with E-state index in [1.165, 1.54) is 0 Å². The molecule has 0 saturated heterocycles. The van der Waals surface area contributed by atoms with Crippen LogP contribution >= 0.6 is 15.6 Å². The summed E-state index contributed by atoms with van der Waals surface area (Å²) in [6, 6.07) is 0. The molecule has 10 heavy (non-hydrogen) atoms. The van der Waals surface area contributed by atoms with Crippen molar-refractivity contribution in [1.29, 1.82) is 0 Å². The molecule has 0 aromatic rings. The molecular weight excluding hydrogens is 190 g/mol. The summed E-state index contributed by atoms with van der Waals surface area (Å²) in [7, 11) is -10.8. The van der Waals surface area contributed by atoms with Crippen molar-refractivity contribution in [3.05, 3.63) is 0 Å². The summed E-state index contributed by atoms with van der Waals surface area (Å²) < 4.78 is 17.1. The van der Waals surface area contributed by atoms with Crippen LogP contribution in [0.3, 0.4) is 0 Å². The fourth-order valence-corrected chi connectivity index (χ4v) is 0. The van der Waals surface area contributed by atoms with Crippen LogP contribution in [0.5, 0.6) is 0 Å². The van der Waals surface area contributed by atoms with Gasteiger partial charge in [-0.05, 0) is 0 Å². The van der Waals surface area contributed by atoms with Crippen LogP contribution in [-0.4, -0.2) is 0 Å². The van der Waals surface area contributed by atoms with Crippen molar-refractivity contribution in [2.45, 2.75) is 0 Å². The summed E-state index contributed by atoms with van der Waals surface area (Å²) in [6.45, 7) is 0. The Morgan fingerprint density at radius 3 is 0.600 bits per heavy atom. The molecule has 0 aromatic heterocycles. The highest BCUT2D eigenvalue weighted by Crippen LogP contribution is 2.03. The summed E-state index contributed by atoms with van der Waals surface area (Å²) in [4.78, 5) is 51.3. The Morgan fingerprint density at radius 2 is 0.600 bits per heavy atom. The molecule has 0 aliphatic heterocycles. The molecule has 0 saturated carbocycles. The van der Waals surface area contributed by atoms with E-state index in [9.17, 15) is 0 Å². The van der Waals surface area contributed by atoms with Crippen LogP contribution in [0.4, 0.5) is 0 Å². The predicted molar refractivity (Wildman–Crippen MR) is 15.2 cm³/mol. The number of rotatable bonds is 0. The molecule has 0 N–H and O–H groups in total. The van der Waals surface area contributed by atoms with E-state index in [0.717, 1.165) is 0 Å². The average Bonchev–Trinajstić information content (AvgIpc) is 1.12. The summed E-state index contributed by atoms with van der Waals surface area (Å²) >= 11 is 0. The molecule has 0 aliphatic carbocycles. The highest BCUT2D eigenvalue weighted by Gasteiger charge is 1.45. The first-order valence-electron chi connectivity index (χ1n) is 1.46. The molecule has 0 rings (SSSR count). The minimum absolute atomic E-state index is 5.39. The fraction of sp³-hybridized carbons (Fsp3) is 0. The molecule has 0 fully saturated rings. The van der Waals surface area contributed by atoms with Gasteiger partial charge in [-0.2, -0.15) is 15.6 Å². The van der Waals surface area contributed by atoms with E-state index in [0.29, 0.717) is 0 Å². The van der Waals surface area contributed by atoms with Crippen LogP contribution in [0.15, 0.2) is 0 Å². The van der Waals surface area contributed by atoms with Crippen molar-refractivity contribution < 1.29 is 38.5 Å². The highest BCUT2D eigenvalue weighted by molar-refractivity contribution is 7.40. The maximum absolute atomic E-state index is 8.55. The van der Waals surface area contributed by atoms with Gasteiger partial charge in [0.25, 0.3) is 0 Å². The third kappa shape index (κ3) is 8850. The third-order valence-corrected chi connectivity index (χ3v) is 0. The van der Waals surface area contributed by atoms with Crippen LogP contribution in [0.2, 0.25) is 0 Å². The van der Waals surface area contributed by atoms with Gasteiger partial charge in [0.2, 0.25) is 0 Å². The van der Waals surface area contributed by atoms with Crippen LogP contribution in [0, 0.1) is 0 Å². The zero-order chi connectivity index (χ0) is 9.00. The molecule has 0 aromatic carbocycles. The Bertz CT molecular complexity index is 120. The first kappa shape index (κ1) is 12.9. The Labute approximate surface area is 55.2 Å². The first-order valence-corrected chi connectivity index (χ1v) is 4.38. The van der Waals surface area contributed by atoms with Crippen molar-refractivity contribution in [1.82, 2.24) is 0 Å². The summed E-state index contributed by atoms with van der Waals surface area (Å²) in [5.74, 6) is 0. The molecule has 0 heterocycles. The smallest absolute Gasteiger partial charge is 0.159 e. The van der Waals surface area contributed by atoms with Gasteiger partial charge in [-0.1, -0.05) is 0 Å². The van der Waals surface area contributed by atoms with Gasteiger partial charge in [-0.3, -0.25) is 0 Å². The third-order valence-electron chi connectivity index (χ3n) is 0. The van der Waals surface area contributed by atoms with Gasteiger partial charge in [0.15, 0.2) is 0 Å². The zero-order valence-electron chi connectivity index (χ0n) is 4.16. The summed E-state index contributed by atoms with van der Waals surface area (Å²) in [6.07, 6.45) is 0. The van der Waals surface area contributed by atoms with Gasteiger partial charge in [-0.15, -0.1) is 0 Å². The molecule has 0 aliphatic rings. The lowest BCUT2D eigenvalue weighted by atomic mass is 15.8. The topological polar surface area (TPSA) is 172 Å². The molecule has 0 amide bonds. The largest absolute Gasteiger partial charge is 0.822 e. The van der Waals surface area contributed by atoms with E-state index in [1.807, 2.05) is 0 Å². The highest BCUT2D eigenvalue weighted by atomic mass is 31.2. The monoisotopic (exact) mass is 190 g/mol. The Morgan fingerprint density at radius 1 is 0.600 bits per heavy atom. The van der Waals surface area contributed by atoms with Crippen molar-refractivity contribution in [3.63, 3.8) is 0 Å². The second-order valence-corrected chi connectivity index (χ2v) is 2.68. The van der Waals surface area contributed by atoms with E-state index in [2.05, 4.69) is 0 Å². The fourth-order valence-electron chi connectivity index (χ4n) is 0. The van der Waals surface area contributed by atoms with E-state index in [4.69, 9.17) is 38.5 Å². The molecule has 0 unspecified atom stereocenters.